The molecule has 108 valence electrons. The molecule has 0 spiro atoms. The minimum absolute atomic E-state index is 0.187. The van der Waals surface area contributed by atoms with Crippen molar-refractivity contribution in [2.75, 3.05) is 5.32 Å². The van der Waals surface area contributed by atoms with Gasteiger partial charge in [0.05, 0.1) is 11.4 Å². The monoisotopic (exact) mass is 277 g/mol. The molecule has 1 saturated carbocycles. The van der Waals surface area contributed by atoms with Crippen LogP contribution in [0.1, 0.15) is 38.7 Å². The molecule has 20 heavy (non-hydrogen) atoms. The molecule has 1 unspecified atom stereocenters. The lowest BCUT2D eigenvalue weighted by Gasteiger charge is -2.16. The molecule has 1 amide bonds. The fourth-order valence-electron chi connectivity index (χ4n) is 2.17. The van der Waals surface area contributed by atoms with Crippen molar-refractivity contribution < 1.29 is 9.18 Å². The van der Waals surface area contributed by atoms with Gasteiger partial charge in [0.2, 0.25) is 6.41 Å². The van der Waals surface area contributed by atoms with E-state index in [0.29, 0.717) is 23.5 Å². The van der Waals surface area contributed by atoms with E-state index in [-0.39, 0.29) is 11.7 Å². The lowest BCUT2D eigenvalue weighted by atomic mass is 10.0. The fraction of sp³-hybridized carbons (Fsp3) is 0.467. The zero-order valence-corrected chi connectivity index (χ0v) is 11.8. The van der Waals surface area contributed by atoms with Gasteiger partial charge in [-0.2, -0.15) is 0 Å². The Morgan fingerprint density at radius 1 is 1.60 bits per heavy atom. The largest absolute Gasteiger partial charge is 0.387 e. The Balaban J connectivity index is 2.35. The van der Waals surface area contributed by atoms with Gasteiger partial charge in [-0.15, -0.1) is 0 Å². The van der Waals surface area contributed by atoms with Crippen molar-refractivity contribution in [1.29, 1.82) is 0 Å². The van der Waals surface area contributed by atoms with Crippen molar-refractivity contribution in [2.24, 2.45) is 16.6 Å². The van der Waals surface area contributed by atoms with Crippen molar-refractivity contribution >= 4 is 17.9 Å². The summed E-state index contributed by atoms with van der Waals surface area (Å²) in [5.74, 6) is 0.449. The Labute approximate surface area is 118 Å². The highest BCUT2D eigenvalue weighted by molar-refractivity contribution is 5.83. The summed E-state index contributed by atoms with van der Waals surface area (Å²) >= 11 is 0. The van der Waals surface area contributed by atoms with Gasteiger partial charge < -0.3 is 11.1 Å². The summed E-state index contributed by atoms with van der Waals surface area (Å²) in [6.07, 6.45) is 3.05. The van der Waals surface area contributed by atoms with Gasteiger partial charge in [0.15, 0.2) is 0 Å². The lowest BCUT2D eigenvalue weighted by molar-refractivity contribution is -0.105. The number of carbonyl (C=O) groups excluding carboxylic acids is 1. The molecule has 0 radical (unpaired) electrons. The first-order valence-corrected chi connectivity index (χ1v) is 6.88. The van der Waals surface area contributed by atoms with E-state index in [4.69, 9.17) is 5.73 Å². The molecule has 0 saturated heterocycles. The highest BCUT2D eigenvalue weighted by Crippen LogP contribution is 2.51. The Hall–Kier alpha value is -1.91. The third kappa shape index (κ3) is 2.81. The van der Waals surface area contributed by atoms with E-state index in [2.05, 4.69) is 10.3 Å². The number of amides is 1. The summed E-state index contributed by atoms with van der Waals surface area (Å²) in [4.78, 5) is 15.1. The second kappa shape index (κ2) is 5.61. The minimum Gasteiger partial charge on any atom is -0.387 e. The highest BCUT2D eigenvalue weighted by Gasteiger charge is 2.46. The van der Waals surface area contributed by atoms with Gasteiger partial charge in [0, 0.05) is 17.2 Å². The van der Waals surface area contributed by atoms with Gasteiger partial charge in [-0.25, -0.2) is 4.39 Å². The van der Waals surface area contributed by atoms with Crippen molar-refractivity contribution in [2.45, 2.75) is 38.6 Å². The van der Waals surface area contributed by atoms with Crippen molar-refractivity contribution in [3.8, 4) is 0 Å². The van der Waals surface area contributed by atoms with Crippen LogP contribution in [0, 0.1) is 11.7 Å². The number of anilines is 1. The van der Waals surface area contributed by atoms with Crippen LogP contribution in [0.3, 0.4) is 0 Å². The predicted molar refractivity (Wildman–Crippen MR) is 78.1 cm³/mol. The maximum Gasteiger partial charge on any atom is 0.211 e. The van der Waals surface area contributed by atoms with E-state index < -0.39 is 5.54 Å². The average Bonchev–Trinajstić information content (AvgIpc) is 3.20. The fourth-order valence-corrected chi connectivity index (χ4v) is 2.17. The lowest BCUT2D eigenvalue weighted by Crippen LogP contribution is -2.24. The van der Waals surface area contributed by atoms with Gasteiger partial charge in [0.1, 0.15) is 5.82 Å². The molecule has 3 N–H and O–H groups in total. The molecule has 1 aliphatic carbocycles. The number of rotatable bonds is 6. The maximum absolute atomic E-state index is 14.1. The molecular weight excluding hydrogens is 257 g/mol. The van der Waals surface area contributed by atoms with Gasteiger partial charge in [-0.05, 0) is 37.5 Å². The second-order valence-electron chi connectivity index (χ2n) is 5.33. The van der Waals surface area contributed by atoms with E-state index in [1.807, 2.05) is 13.8 Å². The molecule has 1 aromatic rings. The number of nitrogens with two attached hydrogens (primary N) is 1. The maximum atomic E-state index is 14.1. The van der Waals surface area contributed by atoms with Crippen LogP contribution in [0.25, 0.3) is 0 Å². The average molecular weight is 277 g/mol. The SMILES string of the molecule is CCC(C)C(N)=NC1(c2cc(NC=O)ccc2F)CC1. The van der Waals surface area contributed by atoms with Gasteiger partial charge >= 0.3 is 0 Å². The third-order valence-electron chi connectivity index (χ3n) is 3.88. The van der Waals surface area contributed by atoms with Crippen LogP contribution in [0.5, 0.6) is 0 Å². The van der Waals surface area contributed by atoms with Crippen LogP contribution in [-0.4, -0.2) is 12.2 Å². The number of aliphatic imine (C=N–C) groups is 1. The Bertz CT molecular complexity index is 538. The molecule has 0 heterocycles. The number of hydrogen-bond donors (Lipinski definition) is 2. The van der Waals surface area contributed by atoms with E-state index in [9.17, 15) is 9.18 Å². The summed E-state index contributed by atoms with van der Waals surface area (Å²) in [6.45, 7) is 4.05. The molecular formula is C15H20FN3O. The first kappa shape index (κ1) is 14.5. The molecule has 0 bridgehead atoms. The van der Waals surface area contributed by atoms with Crippen LogP contribution < -0.4 is 11.1 Å². The van der Waals surface area contributed by atoms with E-state index in [1.165, 1.54) is 12.1 Å². The zero-order valence-electron chi connectivity index (χ0n) is 11.8. The van der Waals surface area contributed by atoms with Crippen LogP contribution in [0.4, 0.5) is 10.1 Å². The van der Waals surface area contributed by atoms with Gasteiger partial charge in [-0.1, -0.05) is 13.8 Å². The molecule has 1 atom stereocenters. The molecule has 0 aromatic heterocycles. The normalized spacial score (nSPS) is 18.4. The summed E-state index contributed by atoms with van der Waals surface area (Å²) in [5, 5.41) is 2.54. The minimum atomic E-state index is -0.543. The Kier molecular flexibility index (Phi) is 4.06. The number of nitrogens with zero attached hydrogens (tertiary/aromatic N) is 1. The predicted octanol–water partition coefficient (Wildman–Crippen LogP) is 2.79. The van der Waals surface area contributed by atoms with Gasteiger partial charge in [-0.3, -0.25) is 9.79 Å². The zero-order chi connectivity index (χ0) is 14.8. The number of hydrogen-bond acceptors (Lipinski definition) is 2. The van der Waals surface area contributed by atoms with E-state index >= 15 is 0 Å². The molecule has 4 nitrogen and oxygen atoms in total. The van der Waals surface area contributed by atoms with Crippen molar-refractivity contribution in [3.63, 3.8) is 0 Å². The van der Waals surface area contributed by atoms with Crippen LogP contribution in [0.15, 0.2) is 23.2 Å². The van der Waals surface area contributed by atoms with Crippen molar-refractivity contribution in [3.05, 3.63) is 29.6 Å². The molecule has 0 aliphatic heterocycles. The highest BCUT2D eigenvalue weighted by atomic mass is 19.1. The summed E-state index contributed by atoms with van der Waals surface area (Å²) in [6, 6.07) is 4.53. The summed E-state index contributed by atoms with van der Waals surface area (Å²) in [7, 11) is 0. The molecule has 1 aliphatic rings. The molecule has 2 rings (SSSR count). The smallest absolute Gasteiger partial charge is 0.211 e. The Morgan fingerprint density at radius 3 is 2.85 bits per heavy atom. The van der Waals surface area contributed by atoms with E-state index in [1.54, 1.807) is 6.07 Å². The molecule has 1 aromatic carbocycles. The first-order valence-electron chi connectivity index (χ1n) is 6.88. The van der Waals surface area contributed by atoms with Crippen LogP contribution >= 0.6 is 0 Å². The quantitative estimate of drug-likeness (QED) is 0.477. The first-order chi connectivity index (χ1) is 9.52. The Morgan fingerprint density at radius 2 is 2.30 bits per heavy atom. The topological polar surface area (TPSA) is 67.5 Å². The standard InChI is InChI=1S/C15H20FN3O/c1-3-10(2)14(17)19-15(6-7-15)12-8-11(18-9-20)4-5-13(12)16/h4-5,8-10H,3,6-7H2,1-2H3,(H2,17,19)(H,18,20). The van der Waals surface area contributed by atoms with Crippen molar-refractivity contribution in [1.82, 2.24) is 0 Å². The number of carbonyl (C=O) groups is 1. The second-order valence-corrected chi connectivity index (χ2v) is 5.33. The van der Waals surface area contributed by atoms with Crippen LogP contribution in [0.2, 0.25) is 0 Å². The van der Waals surface area contributed by atoms with E-state index in [0.717, 1.165) is 19.3 Å². The molecule has 1 fully saturated rings. The summed E-state index contributed by atoms with van der Waals surface area (Å²) < 4.78 is 14.1. The molecule has 5 heteroatoms. The number of amidine groups is 1. The number of nitrogens with one attached hydrogen (secondary N) is 1. The summed E-state index contributed by atoms with van der Waals surface area (Å²) in [5.41, 5.74) is 6.53. The number of halogens is 1. The number of benzene rings is 1. The van der Waals surface area contributed by atoms with Crippen LogP contribution in [-0.2, 0) is 10.3 Å². The third-order valence-corrected chi connectivity index (χ3v) is 3.88. The van der Waals surface area contributed by atoms with Gasteiger partial charge in [0.25, 0.3) is 0 Å².